The molecule has 0 saturated heterocycles. The van der Waals surface area contributed by atoms with Crippen LogP contribution in [0, 0.1) is 0 Å². The van der Waals surface area contributed by atoms with Gasteiger partial charge in [0.05, 0.1) is 16.9 Å². The van der Waals surface area contributed by atoms with Crippen LogP contribution in [0.2, 0.25) is 5.02 Å². The Morgan fingerprint density at radius 3 is 2.96 bits per heavy atom. The lowest BCUT2D eigenvalue weighted by Gasteiger charge is -2.29. The molecule has 0 radical (unpaired) electrons. The number of anilines is 2. The van der Waals surface area contributed by atoms with Gasteiger partial charge in [-0.3, -0.25) is 15.3 Å². The lowest BCUT2D eigenvalue weighted by Crippen LogP contribution is -2.38. The molecular weight excluding hydrogens is 400 g/mol. The Bertz CT molecular complexity index is 1160. The lowest BCUT2D eigenvalue weighted by molar-refractivity contribution is 0.623. The molecule has 0 fully saturated rings. The summed E-state index contributed by atoms with van der Waals surface area (Å²) < 4.78 is 5.79. The van der Waals surface area contributed by atoms with Crippen molar-refractivity contribution in [3.8, 4) is 0 Å². The zero-order valence-corrected chi connectivity index (χ0v) is 16.1. The lowest BCUT2D eigenvalue weighted by atomic mass is 10.1. The maximum absolute atomic E-state index is 6.24. The molecule has 0 spiro atoms. The molecule has 5 rings (SSSR count). The first-order valence-corrected chi connectivity index (χ1v) is 9.58. The highest BCUT2D eigenvalue weighted by Crippen LogP contribution is 2.33. The fourth-order valence-corrected chi connectivity index (χ4v) is 3.77. The number of hydrogen-bond donors (Lipinski definition) is 2. The molecule has 2 N–H and O–H groups in total. The molecule has 11 heteroatoms. The smallest absolute Gasteiger partial charge is 0.302 e. The minimum absolute atomic E-state index is 0.332. The first kappa shape index (κ1) is 16.9. The summed E-state index contributed by atoms with van der Waals surface area (Å²) in [5, 5.41) is 19.4. The number of para-hydroxylation sites is 2. The van der Waals surface area contributed by atoms with Crippen LogP contribution < -0.4 is 10.2 Å². The average Bonchev–Trinajstić information content (AvgIpc) is 3.41. The molecule has 1 aromatic carbocycles. The number of nitrogens with one attached hydrogen (secondary N) is 2. The standard InChI is InChI=1S/C17H13ClN8OS/c1-9-6-12(14-10(18)7-19-24-14)21-15(26(9)17-25-20-8-28-17)23-16-22-11-4-2-3-5-13(11)27-16/h2-8,12H,1H3,(H,19,24)(H,21,22,23). The van der Waals surface area contributed by atoms with E-state index in [-0.39, 0.29) is 6.04 Å². The molecule has 0 aliphatic carbocycles. The van der Waals surface area contributed by atoms with Crippen LogP contribution >= 0.6 is 22.9 Å². The summed E-state index contributed by atoms with van der Waals surface area (Å²) in [4.78, 5) is 11.1. The predicted octanol–water partition coefficient (Wildman–Crippen LogP) is 3.99. The summed E-state index contributed by atoms with van der Waals surface area (Å²) in [7, 11) is 0. The van der Waals surface area contributed by atoms with E-state index < -0.39 is 0 Å². The highest BCUT2D eigenvalue weighted by atomic mass is 35.5. The molecule has 1 atom stereocenters. The monoisotopic (exact) mass is 412 g/mol. The Hall–Kier alpha value is -3.24. The number of allylic oxidation sites excluding steroid dienone is 1. The van der Waals surface area contributed by atoms with Gasteiger partial charge in [0.1, 0.15) is 17.1 Å². The number of rotatable bonds is 3. The number of aromatic nitrogens is 5. The second-order valence-electron chi connectivity index (χ2n) is 6.01. The van der Waals surface area contributed by atoms with E-state index in [4.69, 9.17) is 21.0 Å². The molecule has 0 bridgehead atoms. The topological polar surface area (TPSA) is 108 Å². The van der Waals surface area contributed by atoms with Crippen LogP contribution in [-0.2, 0) is 0 Å². The van der Waals surface area contributed by atoms with Crippen molar-refractivity contribution in [3.63, 3.8) is 0 Å². The third-order valence-corrected chi connectivity index (χ3v) is 5.17. The molecule has 4 aromatic rings. The van der Waals surface area contributed by atoms with E-state index in [1.807, 2.05) is 42.2 Å². The number of aromatic amines is 1. The van der Waals surface area contributed by atoms with Crippen molar-refractivity contribution in [2.45, 2.75) is 13.0 Å². The van der Waals surface area contributed by atoms with E-state index in [1.165, 1.54) is 11.3 Å². The van der Waals surface area contributed by atoms with Gasteiger partial charge < -0.3 is 4.42 Å². The van der Waals surface area contributed by atoms with E-state index in [1.54, 1.807) is 11.7 Å². The largest absolute Gasteiger partial charge is 0.423 e. The molecule has 140 valence electrons. The molecular formula is C17H13ClN8OS. The predicted molar refractivity (Wildman–Crippen MR) is 108 cm³/mol. The molecule has 1 unspecified atom stereocenters. The fourth-order valence-electron chi connectivity index (χ4n) is 2.95. The van der Waals surface area contributed by atoms with E-state index in [0.717, 1.165) is 11.2 Å². The average molecular weight is 413 g/mol. The van der Waals surface area contributed by atoms with Crippen molar-refractivity contribution in [2.24, 2.45) is 4.99 Å². The molecule has 4 heterocycles. The number of nitrogens with zero attached hydrogens (tertiary/aromatic N) is 6. The van der Waals surface area contributed by atoms with Gasteiger partial charge >= 0.3 is 6.01 Å². The van der Waals surface area contributed by atoms with Crippen molar-refractivity contribution < 1.29 is 4.42 Å². The number of aliphatic imine (C=N–C) groups is 1. The quantitative estimate of drug-likeness (QED) is 0.523. The Balaban J connectivity index is 1.57. The summed E-state index contributed by atoms with van der Waals surface area (Å²) in [6.45, 7) is 1.96. The van der Waals surface area contributed by atoms with Crippen molar-refractivity contribution in [1.82, 2.24) is 25.4 Å². The Morgan fingerprint density at radius 1 is 1.32 bits per heavy atom. The highest BCUT2D eigenvalue weighted by molar-refractivity contribution is 7.13. The summed E-state index contributed by atoms with van der Waals surface area (Å²) in [6.07, 6.45) is 3.53. The third kappa shape index (κ3) is 2.92. The van der Waals surface area contributed by atoms with E-state index in [9.17, 15) is 0 Å². The molecule has 1 aliphatic rings. The van der Waals surface area contributed by atoms with Crippen molar-refractivity contribution in [1.29, 1.82) is 0 Å². The molecule has 0 saturated carbocycles. The van der Waals surface area contributed by atoms with Gasteiger partial charge in [-0.2, -0.15) is 10.1 Å². The molecule has 3 aromatic heterocycles. The van der Waals surface area contributed by atoms with E-state index in [2.05, 4.69) is 30.7 Å². The van der Waals surface area contributed by atoms with Crippen LogP contribution in [0.1, 0.15) is 18.7 Å². The van der Waals surface area contributed by atoms with Crippen LogP contribution in [0.5, 0.6) is 0 Å². The number of guanidine groups is 1. The number of H-pyrrole nitrogens is 1. The van der Waals surface area contributed by atoms with Crippen LogP contribution in [0.15, 0.2) is 57.2 Å². The maximum Gasteiger partial charge on any atom is 0.302 e. The number of benzene rings is 1. The molecule has 28 heavy (non-hydrogen) atoms. The van der Waals surface area contributed by atoms with Crippen LogP contribution in [0.4, 0.5) is 11.1 Å². The Kier molecular flexibility index (Phi) is 4.06. The van der Waals surface area contributed by atoms with Gasteiger partial charge in [0.15, 0.2) is 5.58 Å². The Labute approximate surface area is 167 Å². The minimum atomic E-state index is -0.342. The van der Waals surface area contributed by atoms with Crippen molar-refractivity contribution in [3.05, 3.63) is 58.5 Å². The van der Waals surface area contributed by atoms with Crippen LogP contribution in [-0.4, -0.2) is 31.3 Å². The number of hydrogen-bond acceptors (Lipinski definition) is 9. The van der Waals surface area contributed by atoms with Gasteiger partial charge in [-0.25, -0.2) is 4.99 Å². The van der Waals surface area contributed by atoms with Crippen LogP contribution in [0.25, 0.3) is 11.1 Å². The molecule has 9 nitrogen and oxygen atoms in total. The number of halogens is 1. The van der Waals surface area contributed by atoms with Gasteiger partial charge in [0, 0.05) is 5.70 Å². The van der Waals surface area contributed by atoms with E-state index in [0.29, 0.717) is 33.4 Å². The van der Waals surface area contributed by atoms with Gasteiger partial charge in [-0.1, -0.05) is 35.1 Å². The van der Waals surface area contributed by atoms with Crippen molar-refractivity contribution >= 4 is 51.1 Å². The second-order valence-corrected chi connectivity index (χ2v) is 7.22. The summed E-state index contributed by atoms with van der Waals surface area (Å²) in [5.41, 5.74) is 4.71. The number of oxazole rings is 1. The highest BCUT2D eigenvalue weighted by Gasteiger charge is 2.28. The fraction of sp³-hybridized carbons (Fsp3) is 0.118. The second kappa shape index (κ2) is 6.73. The summed E-state index contributed by atoms with van der Waals surface area (Å²) in [6, 6.07) is 7.53. The summed E-state index contributed by atoms with van der Waals surface area (Å²) in [5.74, 6) is 0.499. The normalized spacial score (nSPS) is 16.9. The van der Waals surface area contributed by atoms with E-state index >= 15 is 0 Å². The summed E-state index contributed by atoms with van der Waals surface area (Å²) >= 11 is 7.64. The third-order valence-electron chi connectivity index (χ3n) is 4.19. The maximum atomic E-state index is 6.24. The molecule has 1 aliphatic heterocycles. The van der Waals surface area contributed by atoms with Crippen LogP contribution in [0.3, 0.4) is 0 Å². The van der Waals surface area contributed by atoms with Gasteiger partial charge in [-0.15, -0.1) is 10.2 Å². The van der Waals surface area contributed by atoms with Gasteiger partial charge in [0.25, 0.3) is 0 Å². The van der Waals surface area contributed by atoms with Crippen molar-refractivity contribution in [2.75, 3.05) is 10.2 Å². The minimum Gasteiger partial charge on any atom is -0.423 e. The Morgan fingerprint density at radius 2 is 2.21 bits per heavy atom. The van der Waals surface area contributed by atoms with Gasteiger partial charge in [0.2, 0.25) is 11.1 Å². The molecule has 0 amide bonds. The first-order valence-electron chi connectivity index (χ1n) is 8.33. The number of fused-ring (bicyclic) bond motifs is 1. The van der Waals surface area contributed by atoms with Gasteiger partial charge in [-0.05, 0) is 25.1 Å². The zero-order chi connectivity index (χ0) is 19.1. The SMILES string of the molecule is CC1=CC(c2[nH]ncc2Cl)N=C(Nc2nc3ccccc3o2)N1c1nncs1. The first-order chi connectivity index (χ1) is 13.7. The zero-order valence-electron chi connectivity index (χ0n) is 14.5.